The van der Waals surface area contributed by atoms with Crippen LogP contribution in [-0.2, 0) is 11.3 Å². The van der Waals surface area contributed by atoms with Crippen molar-refractivity contribution < 1.29 is 27.9 Å². The standard InChI is InChI=1S/C12H13F3N2O3/c13-12(14,15)8-17(7-10(18)19)11(20)16-6-9-4-2-1-3-5-9/h1-5H,6-8H2,(H,16,20)(H,18,19). The van der Waals surface area contributed by atoms with Gasteiger partial charge in [-0.3, -0.25) is 4.79 Å². The Balaban J connectivity index is 2.61. The number of carboxylic acid groups (broad SMARTS) is 1. The molecule has 2 N–H and O–H groups in total. The van der Waals surface area contributed by atoms with Crippen molar-refractivity contribution in [3.8, 4) is 0 Å². The summed E-state index contributed by atoms with van der Waals surface area (Å²) in [6, 6.07) is 7.48. The Bertz CT molecular complexity index is 463. The van der Waals surface area contributed by atoms with E-state index < -0.39 is 31.3 Å². The van der Waals surface area contributed by atoms with E-state index in [0.717, 1.165) is 0 Å². The molecule has 0 aromatic heterocycles. The molecule has 0 aliphatic carbocycles. The maximum Gasteiger partial charge on any atom is 0.406 e. The molecular weight excluding hydrogens is 277 g/mol. The minimum atomic E-state index is -4.65. The van der Waals surface area contributed by atoms with Gasteiger partial charge in [-0.15, -0.1) is 0 Å². The Morgan fingerprint density at radius 2 is 1.80 bits per heavy atom. The van der Waals surface area contributed by atoms with Gasteiger partial charge in [0, 0.05) is 6.54 Å². The van der Waals surface area contributed by atoms with Crippen molar-refractivity contribution in [2.45, 2.75) is 12.7 Å². The number of aliphatic carboxylic acids is 1. The van der Waals surface area contributed by atoms with Gasteiger partial charge in [-0.05, 0) is 5.56 Å². The van der Waals surface area contributed by atoms with Gasteiger partial charge in [-0.25, -0.2) is 4.79 Å². The van der Waals surface area contributed by atoms with Gasteiger partial charge >= 0.3 is 18.2 Å². The molecule has 0 spiro atoms. The summed E-state index contributed by atoms with van der Waals surface area (Å²) in [5, 5.41) is 10.8. The molecule has 2 amide bonds. The van der Waals surface area contributed by atoms with Crippen LogP contribution in [-0.4, -0.2) is 41.3 Å². The molecule has 0 radical (unpaired) electrons. The number of nitrogens with one attached hydrogen (secondary N) is 1. The quantitative estimate of drug-likeness (QED) is 0.869. The van der Waals surface area contributed by atoms with E-state index in [2.05, 4.69) is 5.32 Å². The predicted octanol–water partition coefficient (Wildman–Crippen LogP) is 1.85. The van der Waals surface area contributed by atoms with Crippen molar-refractivity contribution >= 4 is 12.0 Å². The Labute approximate surface area is 113 Å². The average molecular weight is 290 g/mol. The maximum absolute atomic E-state index is 12.3. The van der Waals surface area contributed by atoms with E-state index in [1.807, 2.05) is 0 Å². The molecule has 0 heterocycles. The van der Waals surface area contributed by atoms with Crippen molar-refractivity contribution in [2.24, 2.45) is 0 Å². The first kappa shape index (κ1) is 15.8. The zero-order valence-electron chi connectivity index (χ0n) is 10.4. The summed E-state index contributed by atoms with van der Waals surface area (Å²) in [7, 11) is 0. The van der Waals surface area contributed by atoms with E-state index in [1.165, 1.54) is 0 Å². The first-order chi connectivity index (χ1) is 9.28. The van der Waals surface area contributed by atoms with Crippen molar-refractivity contribution in [3.05, 3.63) is 35.9 Å². The third kappa shape index (κ3) is 6.07. The second-order valence-electron chi connectivity index (χ2n) is 4.01. The van der Waals surface area contributed by atoms with Crippen molar-refractivity contribution in [3.63, 3.8) is 0 Å². The minimum absolute atomic E-state index is 0.0215. The number of benzene rings is 1. The normalized spacial score (nSPS) is 10.9. The summed E-state index contributed by atoms with van der Waals surface area (Å²) in [6.45, 7) is -2.60. The topological polar surface area (TPSA) is 69.6 Å². The molecule has 8 heteroatoms. The molecule has 1 aromatic carbocycles. The lowest BCUT2D eigenvalue weighted by atomic mass is 10.2. The molecule has 110 valence electrons. The zero-order valence-corrected chi connectivity index (χ0v) is 10.4. The van der Waals surface area contributed by atoms with Crippen molar-refractivity contribution in [2.75, 3.05) is 13.1 Å². The maximum atomic E-state index is 12.3. The van der Waals surface area contributed by atoms with Crippen molar-refractivity contribution in [1.29, 1.82) is 0 Å². The Hall–Kier alpha value is -2.25. The van der Waals surface area contributed by atoms with Crippen LogP contribution >= 0.6 is 0 Å². The summed E-state index contributed by atoms with van der Waals surface area (Å²) < 4.78 is 36.8. The number of urea groups is 1. The smallest absolute Gasteiger partial charge is 0.406 e. The van der Waals surface area contributed by atoms with E-state index >= 15 is 0 Å². The molecule has 0 bridgehead atoms. The number of carboxylic acids is 1. The van der Waals surface area contributed by atoms with Gasteiger partial charge in [-0.1, -0.05) is 30.3 Å². The SMILES string of the molecule is O=C(O)CN(CC(F)(F)F)C(=O)NCc1ccccc1. The Kier molecular flexibility index (Phi) is 5.36. The average Bonchev–Trinajstić information content (AvgIpc) is 2.34. The predicted molar refractivity (Wildman–Crippen MR) is 63.9 cm³/mol. The van der Waals surface area contributed by atoms with Crippen LogP contribution in [0.1, 0.15) is 5.56 Å². The summed E-state index contributed by atoms with van der Waals surface area (Å²) in [5.41, 5.74) is 0.697. The second-order valence-corrected chi connectivity index (χ2v) is 4.01. The van der Waals surface area contributed by atoms with Crippen LogP contribution in [0.3, 0.4) is 0 Å². The van der Waals surface area contributed by atoms with Gasteiger partial charge in [0.2, 0.25) is 0 Å². The Morgan fingerprint density at radius 1 is 1.20 bits per heavy atom. The molecule has 0 fully saturated rings. The number of halogens is 3. The molecule has 0 saturated heterocycles. The van der Waals surface area contributed by atoms with E-state index in [9.17, 15) is 22.8 Å². The molecule has 5 nitrogen and oxygen atoms in total. The summed E-state index contributed by atoms with van der Waals surface area (Å²) >= 11 is 0. The molecule has 20 heavy (non-hydrogen) atoms. The lowest BCUT2D eigenvalue weighted by Gasteiger charge is -2.22. The first-order valence-corrected chi connectivity index (χ1v) is 5.63. The molecular formula is C12H13F3N2O3. The van der Waals surface area contributed by atoms with Gasteiger partial charge in [-0.2, -0.15) is 13.2 Å². The molecule has 0 saturated carbocycles. The number of rotatable bonds is 5. The van der Waals surface area contributed by atoms with Crippen LogP contribution in [0, 0.1) is 0 Å². The molecule has 1 aromatic rings. The third-order valence-electron chi connectivity index (χ3n) is 2.27. The number of amides is 2. The number of nitrogens with zero attached hydrogens (tertiary/aromatic N) is 1. The fourth-order valence-corrected chi connectivity index (χ4v) is 1.46. The Morgan fingerprint density at radius 3 is 2.30 bits per heavy atom. The van der Waals surface area contributed by atoms with E-state index in [-0.39, 0.29) is 11.4 Å². The fraction of sp³-hybridized carbons (Fsp3) is 0.333. The van der Waals surface area contributed by atoms with Gasteiger partial charge in [0.1, 0.15) is 13.1 Å². The molecule has 1 rings (SSSR count). The molecule has 0 aliphatic heterocycles. The largest absolute Gasteiger partial charge is 0.480 e. The molecule has 0 atom stereocenters. The van der Waals surface area contributed by atoms with Gasteiger partial charge in [0.05, 0.1) is 0 Å². The summed E-state index contributed by atoms with van der Waals surface area (Å²) in [5.74, 6) is -1.51. The van der Waals surface area contributed by atoms with E-state index in [1.54, 1.807) is 30.3 Å². The van der Waals surface area contributed by atoms with Crippen LogP contribution in [0.4, 0.5) is 18.0 Å². The van der Waals surface area contributed by atoms with E-state index in [0.29, 0.717) is 5.56 Å². The highest BCUT2D eigenvalue weighted by molar-refractivity contribution is 5.80. The minimum Gasteiger partial charge on any atom is -0.480 e. The van der Waals surface area contributed by atoms with E-state index in [4.69, 9.17) is 5.11 Å². The highest BCUT2D eigenvalue weighted by Gasteiger charge is 2.33. The number of hydrogen-bond donors (Lipinski definition) is 2. The van der Waals surface area contributed by atoms with Crippen LogP contribution < -0.4 is 5.32 Å². The number of hydrogen-bond acceptors (Lipinski definition) is 2. The molecule has 0 aliphatic rings. The monoisotopic (exact) mass is 290 g/mol. The van der Waals surface area contributed by atoms with Crippen LogP contribution in [0.15, 0.2) is 30.3 Å². The second kappa shape index (κ2) is 6.78. The summed E-state index contributed by atoms with van der Waals surface area (Å²) in [4.78, 5) is 22.3. The fourth-order valence-electron chi connectivity index (χ4n) is 1.46. The van der Waals surface area contributed by atoms with Gasteiger partial charge in [0.25, 0.3) is 0 Å². The lowest BCUT2D eigenvalue weighted by Crippen LogP contribution is -2.46. The van der Waals surface area contributed by atoms with Crippen molar-refractivity contribution in [1.82, 2.24) is 10.2 Å². The highest BCUT2D eigenvalue weighted by Crippen LogP contribution is 2.16. The third-order valence-corrected chi connectivity index (χ3v) is 2.27. The number of carbonyl (C=O) groups is 2. The number of alkyl halides is 3. The van der Waals surface area contributed by atoms with Crippen LogP contribution in [0.25, 0.3) is 0 Å². The summed E-state index contributed by atoms with van der Waals surface area (Å²) in [6.07, 6.45) is -4.65. The van der Waals surface area contributed by atoms with Crippen LogP contribution in [0.2, 0.25) is 0 Å². The first-order valence-electron chi connectivity index (χ1n) is 5.63. The van der Waals surface area contributed by atoms with Gasteiger partial charge in [0.15, 0.2) is 0 Å². The van der Waals surface area contributed by atoms with Gasteiger partial charge < -0.3 is 15.3 Å². The van der Waals surface area contributed by atoms with Crippen LogP contribution in [0.5, 0.6) is 0 Å². The lowest BCUT2D eigenvalue weighted by molar-refractivity contribution is -0.148. The number of carbonyl (C=O) groups excluding carboxylic acids is 1. The zero-order chi connectivity index (χ0) is 15.2. The molecule has 0 unspecified atom stereocenters. The highest BCUT2D eigenvalue weighted by atomic mass is 19.4.